The first kappa shape index (κ1) is 21.0. The van der Waals surface area contributed by atoms with E-state index in [-0.39, 0.29) is 24.0 Å². The zero-order valence-electron chi connectivity index (χ0n) is 15.2. The number of piperazine rings is 1. The molecule has 1 unspecified atom stereocenters. The van der Waals surface area contributed by atoms with Crippen LogP contribution in [0.4, 0.5) is 0 Å². The molecule has 1 atom stereocenters. The number of nitrogens with two attached hydrogens (primary N) is 1. The van der Waals surface area contributed by atoms with E-state index in [2.05, 4.69) is 35.6 Å². The summed E-state index contributed by atoms with van der Waals surface area (Å²) in [5, 5.41) is 0. The molecule has 0 aromatic heterocycles. The van der Waals surface area contributed by atoms with Gasteiger partial charge in [-0.15, -0.1) is 24.0 Å². The van der Waals surface area contributed by atoms with Gasteiger partial charge in [-0.1, -0.05) is 26.7 Å². The molecule has 0 amide bonds. The van der Waals surface area contributed by atoms with E-state index < -0.39 is 0 Å². The van der Waals surface area contributed by atoms with E-state index in [9.17, 15) is 0 Å². The van der Waals surface area contributed by atoms with E-state index in [4.69, 9.17) is 10.7 Å². The van der Waals surface area contributed by atoms with Gasteiger partial charge in [-0.2, -0.15) is 0 Å². The molecule has 0 bridgehead atoms. The second-order valence-corrected chi connectivity index (χ2v) is 7.25. The molecule has 2 N–H and O–H groups in total. The van der Waals surface area contributed by atoms with Crippen LogP contribution in [0.25, 0.3) is 0 Å². The van der Waals surface area contributed by atoms with Crippen LogP contribution < -0.4 is 5.73 Å². The normalized spacial score (nSPS) is 23.5. The zero-order valence-corrected chi connectivity index (χ0v) is 17.5. The van der Waals surface area contributed by atoms with Crippen LogP contribution in [0, 0.1) is 5.92 Å². The summed E-state index contributed by atoms with van der Waals surface area (Å²) in [6, 6.07) is 0.513. The molecule has 2 rings (SSSR count). The van der Waals surface area contributed by atoms with Crippen LogP contribution in [0.3, 0.4) is 0 Å². The summed E-state index contributed by atoms with van der Waals surface area (Å²) in [6.45, 7) is 12.2. The first-order valence-corrected chi connectivity index (χ1v) is 9.05. The highest BCUT2D eigenvalue weighted by Crippen LogP contribution is 2.15. The fraction of sp³-hybridized carbons (Fsp3) is 0.941. The van der Waals surface area contributed by atoms with Gasteiger partial charge in [0, 0.05) is 45.3 Å². The lowest BCUT2D eigenvalue weighted by Crippen LogP contribution is -2.52. The molecule has 23 heavy (non-hydrogen) atoms. The summed E-state index contributed by atoms with van der Waals surface area (Å²) in [5.41, 5.74) is 6.27. The first-order valence-electron chi connectivity index (χ1n) is 9.05. The summed E-state index contributed by atoms with van der Waals surface area (Å²) >= 11 is 0. The van der Waals surface area contributed by atoms with Gasteiger partial charge in [0.15, 0.2) is 5.96 Å². The highest BCUT2D eigenvalue weighted by molar-refractivity contribution is 14.0. The number of aliphatic imine (C=N–C) groups is 1. The van der Waals surface area contributed by atoms with E-state index in [1.165, 1.54) is 25.7 Å². The first-order chi connectivity index (χ1) is 10.6. The fourth-order valence-electron chi connectivity index (χ4n) is 3.49. The molecular weight excluding hydrogens is 401 g/mol. The van der Waals surface area contributed by atoms with Crippen LogP contribution >= 0.6 is 24.0 Å². The smallest absolute Gasteiger partial charge is 0.191 e. The van der Waals surface area contributed by atoms with Crippen molar-refractivity contribution in [1.82, 2.24) is 14.7 Å². The monoisotopic (exact) mass is 437 g/mol. The van der Waals surface area contributed by atoms with Crippen LogP contribution in [0.5, 0.6) is 0 Å². The van der Waals surface area contributed by atoms with Crippen molar-refractivity contribution in [3.8, 4) is 0 Å². The van der Waals surface area contributed by atoms with Crippen molar-refractivity contribution in [3.63, 3.8) is 0 Å². The number of hydrogen-bond acceptors (Lipinski definition) is 3. The van der Waals surface area contributed by atoms with E-state index in [1.807, 2.05) is 0 Å². The molecule has 0 radical (unpaired) electrons. The van der Waals surface area contributed by atoms with Crippen LogP contribution in [-0.2, 0) is 0 Å². The van der Waals surface area contributed by atoms with Crippen LogP contribution in [-0.4, -0.2) is 79.6 Å². The molecule has 0 aromatic carbocycles. The Balaban J connectivity index is 0.00000264. The maximum atomic E-state index is 6.27. The third kappa shape index (κ3) is 6.74. The summed E-state index contributed by atoms with van der Waals surface area (Å²) in [6.07, 6.45) is 5.17. The van der Waals surface area contributed by atoms with Gasteiger partial charge < -0.3 is 15.5 Å². The lowest BCUT2D eigenvalue weighted by atomic mass is 10.0. The Morgan fingerprint density at radius 3 is 2.04 bits per heavy atom. The van der Waals surface area contributed by atoms with Crippen molar-refractivity contribution >= 4 is 29.9 Å². The predicted molar refractivity (Wildman–Crippen MR) is 110 cm³/mol. The number of likely N-dealkylation sites (tertiary alicyclic amines) is 1. The predicted octanol–water partition coefficient (Wildman–Crippen LogP) is 2.07. The Bertz CT molecular complexity index is 345. The van der Waals surface area contributed by atoms with Crippen molar-refractivity contribution in [2.75, 3.05) is 52.9 Å². The molecule has 2 fully saturated rings. The van der Waals surface area contributed by atoms with Gasteiger partial charge in [-0.05, 0) is 25.8 Å². The molecule has 0 aliphatic carbocycles. The number of rotatable bonds is 4. The van der Waals surface area contributed by atoms with E-state index >= 15 is 0 Å². The molecular formula is C17H36IN5. The van der Waals surface area contributed by atoms with Crippen LogP contribution in [0.2, 0.25) is 0 Å². The number of nitrogens with zero attached hydrogens (tertiary/aromatic N) is 4. The highest BCUT2D eigenvalue weighted by Gasteiger charge is 2.25. The molecule has 2 aliphatic rings. The van der Waals surface area contributed by atoms with Gasteiger partial charge in [0.1, 0.15) is 0 Å². The Morgan fingerprint density at radius 1 is 0.957 bits per heavy atom. The summed E-state index contributed by atoms with van der Waals surface area (Å²) < 4.78 is 0. The molecule has 0 aromatic rings. The Hall–Kier alpha value is -0.0800. The Morgan fingerprint density at radius 2 is 1.52 bits per heavy atom. The minimum atomic E-state index is 0. The summed E-state index contributed by atoms with van der Waals surface area (Å²) in [4.78, 5) is 12.1. The second-order valence-electron chi connectivity index (χ2n) is 7.25. The molecule has 2 heterocycles. The topological polar surface area (TPSA) is 48.1 Å². The number of halogens is 1. The minimum absolute atomic E-state index is 0. The molecule has 5 nitrogen and oxygen atoms in total. The molecule has 0 spiro atoms. The van der Waals surface area contributed by atoms with Gasteiger partial charge in [-0.3, -0.25) is 9.89 Å². The van der Waals surface area contributed by atoms with Crippen LogP contribution in [0.1, 0.15) is 39.5 Å². The Kier molecular flexibility index (Phi) is 9.77. The van der Waals surface area contributed by atoms with Crippen molar-refractivity contribution in [2.24, 2.45) is 16.6 Å². The summed E-state index contributed by atoms with van der Waals surface area (Å²) in [5.74, 6) is 1.38. The van der Waals surface area contributed by atoms with E-state index in [1.54, 1.807) is 0 Å². The standard InChI is InChI=1S/C17H35N5.HI/c1-15(2)16(21-12-10-20(3)11-13-21)14-19-17(18)22-8-6-4-5-7-9-22;/h15-16H,4-14H2,1-3H3,(H2,18,19);1H. The molecule has 0 saturated carbocycles. The molecule has 2 saturated heterocycles. The van der Waals surface area contributed by atoms with Gasteiger partial charge >= 0.3 is 0 Å². The lowest BCUT2D eigenvalue weighted by Gasteiger charge is -2.39. The number of guanidine groups is 1. The zero-order chi connectivity index (χ0) is 15.9. The minimum Gasteiger partial charge on any atom is -0.370 e. The van der Waals surface area contributed by atoms with Crippen molar-refractivity contribution in [1.29, 1.82) is 0 Å². The van der Waals surface area contributed by atoms with E-state index in [0.29, 0.717) is 12.0 Å². The van der Waals surface area contributed by atoms with Crippen molar-refractivity contribution in [3.05, 3.63) is 0 Å². The van der Waals surface area contributed by atoms with Gasteiger partial charge in [0.2, 0.25) is 0 Å². The average molecular weight is 437 g/mol. The van der Waals surface area contributed by atoms with E-state index in [0.717, 1.165) is 51.8 Å². The van der Waals surface area contributed by atoms with Gasteiger partial charge in [0.25, 0.3) is 0 Å². The second kappa shape index (κ2) is 10.7. The Labute approximate surface area is 159 Å². The quantitative estimate of drug-likeness (QED) is 0.416. The molecule has 136 valence electrons. The van der Waals surface area contributed by atoms with Gasteiger partial charge in [0.05, 0.1) is 6.54 Å². The SMILES string of the molecule is CC(C)C(CN=C(N)N1CCCCCC1)N1CCN(C)CC1.I. The maximum Gasteiger partial charge on any atom is 0.191 e. The number of hydrogen-bond donors (Lipinski definition) is 1. The highest BCUT2D eigenvalue weighted by atomic mass is 127. The van der Waals surface area contributed by atoms with Gasteiger partial charge in [-0.25, -0.2) is 0 Å². The average Bonchev–Trinajstić information content (AvgIpc) is 2.78. The molecule has 2 aliphatic heterocycles. The molecule has 6 heteroatoms. The van der Waals surface area contributed by atoms with Crippen molar-refractivity contribution in [2.45, 2.75) is 45.6 Å². The van der Waals surface area contributed by atoms with Crippen molar-refractivity contribution < 1.29 is 0 Å². The van der Waals surface area contributed by atoms with Crippen LogP contribution in [0.15, 0.2) is 4.99 Å². The lowest BCUT2D eigenvalue weighted by molar-refractivity contribution is 0.0924. The third-order valence-electron chi connectivity index (χ3n) is 5.15. The maximum absolute atomic E-state index is 6.27. The summed E-state index contributed by atoms with van der Waals surface area (Å²) in [7, 11) is 2.21. The third-order valence-corrected chi connectivity index (χ3v) is 5.15. The fourth-order valence-corrected chi connectivity index (χ4v) is 3.49. The number of likely N-dealkylation sites (N-methyl/N-ethyl adjacent to an activating group) is 1. The largest absolute Gasteiger partial charge is 0.370 e.